The van der Waals surface area contributed by atoms with Gasteiger partial charge >= 0.3 is 0 Å². The van der Waals surface area contributed by atoms with Crippen LogP contribution in [0.5, 0.6) is 0 Å². The van der Waals surface area contributed by atoms with Crippen LogP contribution in [-0.4, -0.2) is 41.0 Å². The molecule has 2 aromatic carbocycles. The van der Waals surface area contributed by atoms with Crippen LogP contribution < -0.4 is 0 Å². The van der Waals surface area contributed by atoms with Gasteiger partial charge in [-0.3, -0.25) is 9.59 Å². The Morgan fingerprint density at radius 1 is 1.06 bits per heavy atom. The first-order valence-electron chi connectivity index (χ1n) is 11.5. The Morgan fingerprint density at radius 2 is 1.73 bits per heavy atom. The maximum Gasteiger partial charge on any atom is 0.290 e. The number of amides is 1. The molecule has 0 saturated carbocycles. The third-order valence-electron chi connectivity index (χ3n) is 5.71. The molecular weight excluding hydrogens is 414 g/mol. The molecule has 1 atom stereocenters. The number of aliphatic hydroxyl groups excluding tert-OH is 1. The summed E-state index contributed by atoms with van der Waals surface area (Å²) in [6.45, 7) is 9.03. The number of rotatable bonds is 10. The van der Waals surface area contributed by atoms with Gasteiger partial charge in [-0.15, -0.1) is 0 Å². The largest absolute Gasteiger partial charge is 0.503 e. The summed E-state index contributed by atoms with van der Waals surface area (Å²) in [5.41, 5.74) is 2.97. The Morgan fingerprint density at radius 3 is 2.33 bits per heavy atom. The van der Waals surface area contributed by atoms with Gasteiger partial charge in [-0.1, -0.05) is 74.5 Å². The summed E-state index contributed by atoms with van der Waals surface area (Å²) in [6, 6.07) is 16.7. The van der Waals surface area contributed by atoms with Crippen LogP contribution in [0.1, 0.15) is 62.8 Å². The second kappa shape index (κ2) is 11.1. The van der Waals surface area contributed by atoms with Crippen molar-refractivity contribution in [2.45, 2.75) is 52.2 Å². The number of ketones is 1. The molecular formula is C28H33NO4. The SMILES string of the molecule is CC(C)OCCCN1C(=O)C(O)=C(C(=O)/C=C/c2ccccc2)[C@@H]1c1ccc(C(C)C)cc1. The number of allylic oxidation sites excluding steroid dienone is 1. The zero-order chi connectivity index (χ0) is 24.0. The van der Waals surface area contributed by atoms with E-state index in [0.29, 0.717) is 25.5 Å². The number of ether oxygens (including phenoxy) is 1. The van der Waals surface area contributed by atoms with Gasteiger partial charge in [0, 0.05) is 13.2 Å². The highest BCUT2D eigenvalue weighted by Crippen LogP contribution is 2.38. The molecule has 1 aliphatic rings. The van der Waals surface area contributed by atoms with Crippen molar-refractivity contribution >= 4 is 17.8 Å². The van der Waals surface area contributed by atoms with Crippen LogP contribution in [-0.2, 0) is 14.3 Å². The van der Waals surface area contributed by atoms with Crippen LogP contribution in [0, 0.1) is 0 Å². The van der Waals surface area contributed by atoms with Gasteiger partial charge in [0.05, 0.1) is 17.7 Å². The van der Waals surface area contributed by atoms with E-state index in [1.807, 2.05) is 68.4 Å². The molecule has 1 N–H and O–H groups in total. The molecule has 1 aliphatic heterocycles. The van der Waals surface area contributed by atoms with Crippen LogP contribution in [0.4, 0.5) is 0 Å². The van der Waals surface area contributed by atoms with E-state index < -0.39 is 17.7 Å². The zero-order valence-corrected chi connectivity index (χ0v) is 19.8. The first-order valence-corrected chi connectivity index (χ1v) is 11.5. The summed E-state index contributed by atoms with van der Waals surface area (Å²) in [7, 11) is 0. The van der Waals surface area contributed by atoms with Crippen molar-refractivity contribution in [1.82, 2.24) is 4.90 Å². The van der Waals surface area contributed by atoms with Crippen LogP contribution in [0.3, 0.4) is 0 Å². The minimum atomic E-state index is -0.634. The quantitative estimate of drug-likeness (QED) is 0.380. The number of benzene rings is 2. The Hall–Kier alpha value is -3.18. The Bertz CT molecular complexity index is 1020. The number of nitrogens with zero attached hydrogens (tertiary/aromatic N) is 1. The summed E-state index contributed by atoms with van der Waals surface area (Å²) in [6.07, 6.45) is 3.84. The summed E-state index contributed by atoms with van der Waals surface area (Å²) in [5.74, 6) is -0.995. The first kappa shape index (κ1) is 24.5. The highest BCUT2D eigenvalue weighted by Gasteiger charge is 2.42. The van der Waals surface area contributed by atoms with Gasteiger partial charge in [0.25, 0.3) is 5.91 Å². The van der Waals surface area contributed by atoms with Crippen molar-refractivity contribution in [2.24, 2.45) is 0 Å². The molecule has 3 rings (SSSR count). The van der Waals surface area contributed by atoms with E-state index in [-0.39, 0.29) is 17.5 Å². The number of hydrogen-bond donors (Lipinski definition) is 1. The minimum Gasteiger partial charge on any atom is -0.503 e. The number of carbonyl (C=O) groups is 2. The van der Waals surface area contributed by atoms with Gasteiger partial charge < -0.3 is 14.7 Å². The zero-order valence-electron chi connectivity index (χ0n) is 19.8. The molecule has 1 amide bonds. The normalized spacial score (nSPS) is 16.6. The lowest BCUT2D eigenvalue weighted by Gasteiger charge is -2.27. The van der Waals surface area contributed by atoms with Crippen LogP contribution in [0.15, 0.2) is 72.0 Å². The summed E-state index contributed by atoms with van der Waals surface area (Å²) >= 11 is 0. The van der Waals surface area contributed by atoms with E-state index in [1.165, 1.54) is 11.6 Å². The minimum absolute atomic E-state index is 0.102. The maximum atomic E-state index is 13.2. The van der Waals surface area contributed by atoms with E-state index in [1.54, 1.807) is 11.0 Å². The molecule has 0 aliphatic carbocycles. The Balaban J connectivity index is 1.91. The van der Waals surface area contributed by atoms with Gasteiger partial charge in [-0.05, 0) is 49.0 Å². The van der Waals surface area contributed by atoms with Crippen molar-refractivity contribution in [3.8, 4) is 0 Å². The second-order valence-corrected chi connectivity index (χ2v) is 8.87. The van der Waals surface area contributed by atoms with Gasteiger partial charge in [0.2, 0.25) is 0 Å². The topological polar surface area (TPSA) is 66.8 Å². The molecule has 0 bridgehead atoms. The van der Waals surface area contributed by atoms with Crippen molar-refractivity contribution in [3.63, 3.8) is 0 Å². The molecule has 5 nitrogen and oxygen atoms in total. The fraction of sp³-hybridized carbons (Fsp3) is 0.357. The lowest BCUT2D eigenvalue weighted by Crippen LogP contribution is -2.32. The molecule has 174 valence electrons. The average Bonchev–Trinajstić information content (AvgIpc) is 3.06. The van der Waals surface area contributed by atoms with E-state index in [2.05, 4.69) is 13.8 Å². The van der Waals surface area contributed by atoms with Crippen molar-refractivity contribution < 1.29 is 19.4 Å². The van der Waals surface area contributed by atoms with Gasteiger partial charge in [-0.2, -0.15) is 0 Å². The lowest BCUT2D eigenvalue weighted by atomic mass is 9.93. The smallest absolute Gasteiger partial charge is 0.290 e. The Labute approximate surface area is 196 Å². The molecule has 0 aromatic heterocycles. The highest BCUT2D eigenvalue weighted by molar-refractivity contribution is 6.14. The van der Waals surface area contributed by atoms with E-state index in [0.717, 1.165) is 11.1 Å². The first-order chi connectivity index (χ1) is 15.8. The summed E-state index contributed by atoms with van der Waals surface area (Å²) < 4.78 is 5.62. The number of carbonyl (C=O) groups excluding carboxylic acids is 2. The number of aliphatic hydroxyl groups is 1. The van der Waals surface area contributed by atoms with Gasteiger partial charge in [-0.25, -0.2) is 0 Å². The maximum absolute atomic E-state index is 13.2. The standard InChI is InChI=1S/C28H33NO4/c1-19(2)22-12-14-23(15-13-22)26-25(24(30)16-11-21-9-6-5-7-10-21)27(31)28(32)29(26)17-8-18-33-20(3)4/h5-7,9-16,19-20,26,31H,8,17-18H2,1-4H3/b16-11+/t26-/m0/s1. The molecule has 5 heteroatoms. The molecule has 1 heterocycles. The third kappa shape index (κ3) is 5.99. The predicted octanol–water partition coefficient (Wildman–Crippen LogP) is 5.60. The Kier molecular flexibility index (Phi) is 8.23. The van der Waals surface area contributed by atoms with Crippen molar-refractivity contribution in [1.29, 1.82) is 0 Å². The van der Waals surface area contributed by atoms with E-state index in [4.69, 9.17) is 4.74 Å². The fourth-order valence-corrected chi connectivity index (χ4v) is 3.93. The van der Waals surface area contributed by atoms with Crippen LogP contribution in [0.2, 0.25) is 0 Å². The molecule has 0 saturated heterocycles. The van der Waals surface area contributed by atoms with Crippen LogP contribution >= 0.6 is 0 Å². The molecule has 0 spiro atoms. The van der Waals surface area contributed by atoms with Gasteiger partial charge in [0.15, 0.2) is 11.5 Å². The van der Waals surface area contributed by atoms with Gasteiger partial charge in [0.1, 0.15) is 0 Å². The number of hydrogen-bond acceptors (Lipinski definition) is 4. The molecule has 33 heavy (non-hydrogen) atoms. The average molecular weight is 448 g/mol. The third-order valence-corrected chi connectivity index (χ3v) is 5.71. The van der Waals surface area contributed by atoms with Crippen LogP contribution in [0.25, 0.3) is 6.08 Å². The second-order valence-electron chi connectivity index (χ2n) is 8.87. The van der Waals surface area contributed by atoms with Crippen molar-refractivity contribution in [3.05, 3.63) is 88.7 Å². The fourth-order valence-electron chi connectivity index (χ4n) is 3.93. The summed E-state index contributed by atoms with van der Waals surface area (Å²) in [5, 5.41) is 10.7. The highest BCUT2D eigenvalue weighted by atomic mass is 16.5. The van der Waals surface area contributed by atoms with E-state index >= 15 is 0 Å². The van der Waals surface area contributed by atoms with Crippen molar-refractivity contribution in [2.75, 3.05) is 13.2 Å². The predicted molar refractivity (Wildman–Crippen MR) is 131 cm³/mol. The molecule has 2 aromatic rings. The molecule has 0 radical (unpaired) electrons. The molecule has 0 unspecified atom stereocenters. The lowest BCUT2D eigenvalue weighted by molar-refractivity contribution is -0.129. The van der Waals surface area contributed by atoms with E-state index in [9.17, 15) is 14.7 Å². The summed E-state index contributed by atoms with van der Waals surface area (Å²) in [4.78, 5) is 27.7. The monoisotopic (exact) mass is 447 g/mol. The molecule has 0 fully saturated rings.